The van der Waals surface area contributed by atoms with E-state index in [1.54, 1.807) is 6.92 Å². The van der Waals surface area contributed by atoms with Crippen LogP contribution >= 0.6 is 0 Å². The van der Waals surface area contributed by atoms with Crippen molar-refractivity contribution in [2.24, 2.45) is 5.73 Å². The summed E-state index contributed by atoms with van der Waals surface area (Å²) in [6.45, 7) is 2.96. The Bertz CT molecular complexity index is 374. The molecule has 0 saturated heterocycles. The van der Waals surface area contributed by atoms with Crippen molar-refractivity contribution in [1.29, 1.82) is 0 Å². The number of aryl methyl sites for hydroxylation is 1. The molecule has 0 amide bonds. The Kier molecular flexibility index (Phi) is 3.60. The Morgan fingerprint density at radius 2 is 1.88 bits per heavy atom. The summed E-state index contributed by atoms with van der Waals surface area (Å²) in [4.78, 5) is 0. The predicted octanol–water partition coefficient (Wildman–Crippen LogP) is 2.39. The topological polar surface area (TPSA) is 46.2 Å². The first-order valence-corrected chi connectivity index (χ1v) is 4.85. The quantitative estimate of drug-likeness (QED) is 0.823. The van der Waals surface area contributed by atoms with Gasteiger partial charge in [-0.15, -0.1) is 0 Å². The fourth-order valence-corrected chi connectivity index (χ4v) is 1.49. The molecule has 0 heterocycles. The van der Waals surface area contributed by atoms with Crippen LogP contribution in [0.15, 0.2) is 18.2 Å². The van der Waals surface area contributed by atoms with E-state index < -0.39 is 23.9 Å². The molecule has 2 nitrogen and oxygen atoms in total. The van der Waals surface area contributed by atoms with Gasteiger partial charge in [0.1, 0.15) is 0 Å². The van der Waals surface area contributed by atoms with Crippen molar-refractivity contribution in [3.05, 3.63) is 34.9 Å². The monoisotopic (exact) mass is 233 g/mol. The lowest BCUT2D eigenvalue weighted by atomic mass is 9.98. The van der Waals surface area contributed by atoms with E-state index in [4.69, 9.17) is 5.73 Å². The lowest BCUT2D eigenvalue weighted by molar-refractivity contribution is -0.138. The molecular formula is C11H14F3NO. The second-order valence-electron chi connectivity index (χ2n) is 3.88. The fourth-order valence-electron chi connectivity index (χ4n) is 1.49. The van der Waals surface area contributed by atoms with Crippen LogP contribution in [0.2, 0.25) is 0 Å². The standard InChI is InChI=1S/C11H14F3NO/c1-6-5-8(10(16)7(2)15)3-4-9(6)11(12,13)14/h3-5,7,10,16H,15H2,1-2H3/t7-,10-/m0/s1. The highest BCUT2D eigenvalue weighted by molar-refractivity contribution is 5.34. The lowest BCUT2D eigenvalue weighted by Gasteiger charge is -2.17. The highest BCUT2D eigenvalue weighted by Gasteiger charge is 2.32. The maximum atomic E-state index is 12.5. The van der Waals surface area contributed by atoms with Gasteiger partial charge in [-0.2, -0.15) is 13.2 Å². The molecule has 0 aliphatic carbocycles. The Balaban J connectivity index is 3.09. The first-order valence-electron chi connectivity index (χ1n) is 4.85. The van der Waals surface area contributed by atoms with Gasteiger partial charge in [0.25, 0.3) is 0 Å². The fraction of sp³-hybridized carbons (Fsp3) is 0.455. The Hall–Kier alpha value is -1.07. The minimum absolute atomic E-state index is 0.0877. The molecule has 2 atom stereocenters. The molecule has 5 heteroatoms. The number of benzene rings is 1. The number of hydrogen-bond acceptors (Lipinski definition) is 2. The zero-order valence-electron chi connectivity index (χ0n) is 9.05. The van der Waals surface area contributed by atoms with E-state index in [1.165, 1.54) is 19.1 Å². The van der Waals surface area contributed by atoms with E-state index in [-0.39, 0.29) is 5.56 Å². The summed E-state index contributed by atoms with van der Waals surface area (Å²) in [5.74, 6) is 0. The van der Waals surface area contributed by atoms with E-state index in [2.05, 4.69) is 0 Å². The largest absolute Gasteiger partial charge is 0.416 e. The first-order chi connectivity index (χ1) is 7.23. The number of aliphatic hydroxyl groups is 1. The molecule has 0 aliphatic rings. The molecule has 1 aromatic rings. The van der Waals surface area contributed by atoms with Crippen molar-refractivity contribution in [2.75, 3.05) is 0 Å². The number of hydrogen-bond donors (Lipinski definition) is 2. The Morgan fingerprint density at radius 1 is 1.31 bits per heavy atom. The van der Waals surface area contributed by atoms with Crippen LogP contribution in [0.1, 0.15) is 29.7 Å². The van der Waals surface area contributed by atoms with Crippen molar-refractivity contribution in [3.63, 3.8) is 0 Å². The normalized spacial score (nSPS) is 15.9. The third-order valence-corrected chi connectivity index (χ3v) is 2.40. The third-order valence-electron chi connectivity index (χ3n) is 2.40. The van der Waals surface area contributed by atoms with Crippen LogP contribution in [0, 0.1) is 6.92 Å². The average Bonchev–Trinajstić information content (AvgIpc) is 2.14. The van der Waals surface area contributed by atoms with Crippen LogP contribution in [-0.4, -0.2) is 11.1 Å². The van der Waals surface area contributed by atoms with Crippen molar-refractivity contribution in [1.82, 2.24) is 0 Å². The SMILES string of the molecule is Cc1cc([C@@H](O)[C@H](C)N)ccc1C(F)(F)F. The second kappa shape index (κ2) is 4.43. The van der Waals surface area contributed by atoms with Crippen molar-refractivity contribution < 1.29 is 18.3 Å². The maximum absolute atomic E-state index is 12.5. The molecule has 0 aromatic heterocycles. The van der Waals surface area contributed by atoms with Crippen LogP contribution in [0.3, 0.4) is 0 Å². The van der Waals surface area contributed by atoms with Crippen LogP contribution in [-0.2, 0) is 6.18 Å². The lowest BCUT2D eigenvalue weighted by Crippen LogP contribution is -2.24. The summed E-state index contributed by atoms with van der Waals surface area (Å²) < 4.78 is 37.4. The average molecular weight is 233 g/mol. The van der Waals surface area contributed by atoms with Gasteiger partial charge in [0.2, 0.25) is 0 Å². The minimum Gasteiger partial charge on any atom is -0.387 e. The van der Waals surface area contributed by atoms with Gasteiger partial charge in [-0.05, 0) is 31.0 Å². The van der Waals surface area contributed by atoms with Crippen LogP contribution in [0.5, 0.6) is 0 Å². The van der Waals surface area contributed by atoms with Gasteiger partial charge in [0.05, 0.1) is 11.7 Å². The number of aliphatic hydroxyl groups excluding tert-OH is 1. The molecule has 0 unspecified atom stereocenters. The van der Waals surface area contributed by atoms with E-state index in [0.29, 0.717) is 5.56 Å². The van der Waals surface area contributed by atoms with Crippen LogP contribution < -0.4 is 5.73 Å². The molecule has 0 radical (unpaired) electrons. The number of rotatable bonds is 2. The van der Waals surface area contributed by atoms with Gasteiger partial charge in [0.15, 0.2) is 0 Å². The summed E-state index contributed by atoms with van der Waals surface area (Å²) >= 11 is 0. The zero-order chi connectivity index (χ0) is 12.5. The molecule has 0 saturated carbocycles. The molecule has 0 fully saturated rings. The third kappa shape index (κ3) is 2.74. The van der Waals surface area contributed by atoms with Gasteiger partial charge in [-0.3, -0.25) is 0 Å². The summed E-state index contributed by atoms with van der Waals surface area (Å²) in [6, 6.07) is 3.02. The van der Waals surface area contributed by atoms with Crippen LogP contribution in [0.25, 0.3) is 0 Å². The first kappa shape index (κ1) is 13.0. The second-order valence-corrected chi connectivity index (χ2v) is 3.88. The van der Waals surface area contributed by atoms with Crippen LogP contribution in [0.4, 0.5) is 13.2 Å². The smallest absolute Gasteiger partial charge is 0.387 e. The molecule has 16 heavy (non-hydrogen) atoms. The number of alkyl halides is 3. The summed E-state index contributed by atoms with van der Waals surface area (Å²) in [5, 5.41) is 9.61. The Labute approximate surface area is 91.9 Å². The molecular weight excluding hydrogens is 219 g/mol. The summed E-state index contributed by atoms with van der Waals surface area (Å²) in [7, 11) is 0. The minimum atomic E-state index is -4.36. The Morgan fingerprint density at radius 3 is 2.25 bits per heavy atom. The van der Waals surface area contributed by atoms with Crippen molar-refractivity contribution in [3.8, 4) is 0 Å². The number of nitrogens with two attached hydrogens (primary N) is 1. The number of halogens is 3. The molecule has 3 N–H and O–H groups in total. The highest BCUT2D eigenvalue weighted by atomic mass is 19.4. The van der Waals surface area contributed by atoms with E-state index in [1.807, 2.05) is 0 Å². The molecule has 90 valence electrons. The highest BCUT2D eigenvalue weighted by Crippen LogP contribution is 2.33. The molecule has 0 bridgehead atoms. The maximum Gasteiger partial charge on any atom is 0.416 e. The molecule has 0 aliphatic heterocycles. The molecule has 0 spiro atoms. The van der Waals surface area contributed by atoms with Gasteiger partial charge >= 0.3 is 6.18 Å². The van der Waals surface area contributed by atoms with Gasteiger partial charge in [-0.25, -0.2) is 0 Å². The van der Waals surface area contributed by atoms with Gasteiger partial charge < -0.3 is 10.8 Å². The van der Waals surface area contributed by atoms with Gasteiger partial charge in [0, 0.05) is 6.04 Å². The van der Waals surface area contributed by atoms with Crippen molar-refractivity contribution in [2.45, 2.75) is 32.2 Å². The summed E-state index contributed by atoms with van der Waals surface area (Å²) in [6.07, 6.45) is -5.30. The van der Waals surface area contributed by atoms with E-state index in [0.717, 1.165) is 6.07 Å². The summed E-state index contributed by atoms with van der Waals surface area (Å²) in [5.41, 5.74) is 5.27. The van der Waals surface area contributed by atoms with E-state index >= 15 is 0 Å². The molecule has 1 aromatic carbocycles. The van der Waals surface area contributed by atoms with Crippen molar-refractivity contribution >= 4 is 0 Å². The zero-order valence-corrected chi connectivity index (χ0v) is 9.05. The molecule has 1 rings (SSSR count). The van der Waals surface area contributed by atoms with Gasteiger partial charge in [-0.1, -0.05) is 12.1 Å². The van der Waals surface area contributed by atoms with E-state index in [9.17, 15) is 18.3 Å². The predicted molar refractivity (Wildman–Crippen MR) is 54.8 cm³/mol.